The van der Waals surface area contributed by atoms with Crippen LogP contribution in [0.2, 0.25) is 0 Å². The minimum absolute atomic E-state index is 0.528. The zero-order valence-electron chi connectivity index (χ0n) is 8.85. The van der Waals surface area contributed by atoms with Gasteiger partial charge >= 0.3 is 0 Å². The van der Waals surface area contributed by atoms with Gasteiger partial charge in [0.15, 0.2) is 0 Å². The summed E-state index contributed by atoms with van der Waals surface area (Å²) >= 11 is 0. The van der Waals surface area contributed by atoms with Crippen molar-refractivity contribution in [3.63, 3.8) is 0 Å². The highest BCUT2D eigenvalue weighted by atomic mass is 15.2. The molecule has 0 spiro atoms. The smallest absolute Gasteiger partial charge is 0.137 e. The maximum atomic E-state index is 5.57. The summed E-state index contributed by atoms with van der Waals surface area (Å²) in [5.41, 5.74) is 5.57. The Morgan fingerprint density at radius 2 is 2.31 bits per heavy atom. The first-order chi connectivity index (χ1) is 7.84. The van der Waals surface area contributed by atoms with Crippen LogP contribution in [0.4, 0.5) is 11.6 Å². The summed E-state index contributed by atoms with van der Waals surface area (Å²) in [5.74, 6) is 2.24. The van der Waals surface area contributed by atoms with Gasteiger partial charge in [-0.25, -0.2) is 9.97 Å². The van der Waals surface area contributed by atoms with E-state index in [1.807, 2.05) is 12.1 Å². The number of H-pyrrole nitrogens is 1. The number of nitrogens with one attached hydrogen (secondary N) is 2. The fraction of sp³-hybridized carbons (Fsp3) is 0.300. The number of nitrogens with two attached hydrogens (primary N) is 1. The van der Waals surface area contributed by atoms with Crippen molar-refractivity contribution in [3.05, 3.63) is 30.4 Å². The lowest BCUT2D eigenvalue weighted by atomic mass is 10.3. The summed E-state index contributed by atoms with van der Waals surface area (Å²) in [4.78, 5) is 8.18. The van der Waals surface area contributed by atoms with Gasteiger partial charge in [-0.3, -0.25) is 5.10 Å². The van der Waals surface area contributed by atoms with E-state index in [0.29, 0.717) is 5.82 Å². The number of rotatable bonds is 5. The van der Waals surface area contributed by atoms with Crippen LogP contribution in [0.15, 0.2) is 24.5 Å². The highest BCUT2D eigenvalue weighted by Gasteiger charge is 1.96. The zero-order valence-corrected chi connectivity index (χ0v) is 8.85. The van der Waals surface area contributed by atoms with E-state index in [4.69, 9.17) is 5.73 Å². The van der Waals surface area contributed by atoms with Gasteiger partial charge in [0.25, 0.3) is 0 Å². The van der Waals surface area contributed by atoms with Gasteiger partial charge in [0.1, 0.15) is 23.8 Å². The van der Waals surface area contributed by atoms with E-state index in [1.165, 1.54) is 6.33 Å². The molecule has 0 radical (unpaired) electrons. The number of aryl methyl sites for hydroxylation is 1. The Balaban J connectivity index is 1.72. The summed E-state index contributed by atoms with van der Waals surface area (Å²) in [6, 6.07) is 5.53. The number of anilines is 2. The van der Waals surface area contributed by atoms with Gasteiger partial charge in [-0.2, -0.15) is 5.10 Å². The molecule has 2 rings (SSSR count). The van der Waals surface area contributed by atoms with E-state index >= 15 is 0 Å². The van der Waals surface area contributed by atoms with Crippen molar-refractivity contribution < 1.29 is 0 Å². The molecule has 0 bridgehead atoms. The lowest BCUT2D eigenvalue weighted by Gasteiger charge is -2.04. The molecule has 0 unspecified atom stereocenters. The Morgan fingerprint density at radius 3 is 3.06 bits per heavy atom. The first kappa shape index (κ1) is 10.4. The fourth-order valence-corrected chi connectivity index (χ4v) is 1.37. The van der Waals surface area contributed by atoms with Gasteiger partial charge in [0, 0.05) is 13.0 Å². The number of aromatic amines is 1. The van der Waals surface area contributed by atoms with Crippen LogP contribution < -0.4 is 11.1 Å². The monoisotopic (exact) mass is 218 g/mol. The van der Waals surface area contributed by atoms with E-state index in [2.05, 4.69) is 25.5 Å². The van der Waals surface area contributed by atoms with E-state index < -0.39 is 0 Å². The number of aromatic nitrogens is 4. The first-order valence-corrected chi connectivity index (χ1v) is 5.15. The zero-order chi connectivity index (χ0) is 11.2. The Labute approximate surface area is 93.3 Å². The first-order valence-electron chi connectivity index (χ1n) is 5.15. The minimum Gasteiger partial charge on any atom is -0.384 e. The van der Waals surface area contributed by atoms with Crippen LogP contribution in [0.25, 0.3) is 0 Å². The van der Waals surface area contributed by atoms with Crippen LogP contribution in [-0.4, -0.2) is 26.7 Å². The van der Waals surface area contributed by atoms with Crippen molar-refractivity contribution in [1.82, 2.24) is 20.2 Å². The second-order valence-corrected chi connectivity index (χ2v) is 3.41. The molecule has 2 heterocycles. The van der Waals surface area contributed by atoms with Crippen LogP contribution in [0, 0.1) is 0 Å². The molecule has 0 amide bonds. The van der Waals surface area contributed by atoms with Gasteiger partial charge in [0.2, 0.25) is 0 Å². The quantitative estimate of drug-likeness (QED) is 0.646. The lowest BCUT2D eigenvalue weighted by Crippen LogP contribution is -2.05. The highest BCUT2D eigenvalue weighted by Crippen LogP contribution is 2.05. The molecule has 0 fully saturated rings. The molecule has 0 atom stereocenters. The molecule has 84 valence electrons. The Bertz CT molecular complexity index is 425. The second kappa shape index (κ2) is 5.11. The molecule has 0 saturated heterocycles. The molecule has 16 heavy (non-hydrogen) atoms. The van der Waals surface area contributed by atoms with Gasteiger partial charge in [-0.15, -0.1) is 0 Å². The molecule has 2 aromatic heterocycles. The third-order valence-electron chi connectivity index (χ3n) is 2.13. The average Bonchev–Trinajstić information content (AvgIpc) is 2.77. The Morgan fingerprint density at radius 1 is 1.38 bits per heavy atom. The largest absolute Gasteiger partial charge is 0.384 e. The van der Waals surface area contributed by atoms with Gasteiger partial charge < -0.3 is 11.1 Å². The number of hydrogen-bond donors (Lipinski definition) is 3. The molecule has 6 heteroatoms. The molecule has 4 N–H and O–H groups in total. The van der Waals surface area contributed by atoms with Gasteiger partial charge in [-0.05, 0) is 18.6 Å². The van der Waals surface area contributed by atoms with Crippen LogP contribution in [0.5, 0.6) is 0 Å². The molecule has 0 aliphatic rings. The van der Waals surface area contributed by atoms with Crippen molar-refractivity contribution in [2.45, 2.75) is 12.8 Å². The number of nitrogen functional groups attached to an aromatic ring is 1. The van der Waals surface area contributed by atoms with Gasteiger partial charge in [0.05, 0.1) is 0 Å². The standard InChI is InChI=1S/C10H14N6/c11-8-3-1-4-9(15-8)12-6-2-5-10-13-7-14-16-10/h1,3-4,7H,2,5-6H2,(H3,11,12,15)(H,13,14,16). The summed E-state index contributed by atoms with van der Waals surface area (Å²) in [7, 11) is 0. The third kappa shape index (κ3) is 2.94. The molecule has 6 nitrogen and oxygen atoms in total. The van der Waals surface area contributed by atoms with Crippen molar-refractivity contribution in [3.8, 4) is 0 Å². The minimum atomic E-state index is 0.528. The highest BCUT2D eigenvalue weighted by molar-refractivity contribution is 5.41. The van der Waals surface area contributed by atoms with Crippen LogP contribution in [0.3, 0.4) is 0 Å². The van der Waals surface area contributed by atoms with Gasteiger partial charge in [-0.1, -0.05) is 6.07 Å². The van der Waals surface area contributed by atoms with Crippen LogP contribution in [-0.2, 0) is 6.42 Å². The van der Waals surface area contributed by atoms with E-state index in [-0.39, 0.29) is 0 Å². The molecule has 2 aromatic rings. The molecule has 0 saturated carbocycles. The summed E-state index contributed by atoms with van der Waals surface area (Å²) < 4.78 is 0. The molecule has 0 aliphatic heterocycles. The molecular weight excluding hydrogens is 204 g/mol. The average molecular weight is 218 g/mol. The van der Waals surface area contributed by atoms with Crippen LogP contribution in [0.1, 0.15) is 12.2 Å². The number of nitrogens with zero attached hydrogens (tertiary/aromatic N) is 3. The Hall–Kier alpha value is -2.11. The van der Waals surface area contributed by atoms with E-state index in [1.54, 1.807) is 6.07 Å². The number of hydrogen-bond acceptors (Lipinski definition) is 5. The molecule has 0 aliphatic carbocycles. The van der Waals surface area contributed by atoms with Crippen molar-refractivity contribution in [2.24, 2.45) is 0 Å². The normalized spacial score (nSPS) is 10.2. The molecule has 0 aromatic carbocycles. The second-order valence-electron chi connectivity index (χ2n) is 3.41. The Kier molecular flexibility index (Phi) is 3.32. The summed E-state index contributed by atoms with van der Waals surface area (Å²) in [6.07, 6.45) is 3.35. The van der Waals surface area contributed by atoms with Crippen LogP contribution >= 0.6 is 0 Å². The van der Waals surface area contributed by atoms with Crippen molar-refractivity contribution in [2.75, 3.05) is 17.6 Å². The van der Waals surface area contributed by atoms with E-state index in [0.717, 1.165) is 31.0 Å². The maximum absolute atomic E-state index is 5.57. The SMILES string of the molecule is Nc1cccc(NCCCc2ncn[nH]2)n1. The van der Waals surface area contributed by atoms with Crippen molar-refractivity contribution >= 4 is 11.6 Å². The lowest BCUT2D eigenvalue weighted by molar-refractivity contribution is 0.804. The van der Waals surface area contributed by atoms with Crippen molar-refractivity contribution in [1.29, 1.82) is 0 Å². The van der Waals surface area contributed by atoms with E-state index in [9.17, 15) is 0 Å². The maximum Gasteiger partial charge on any atom is 0.137 e. The molecular formula is C10H14N6. The predicted molar refractivity (Wildman–Crippen MR) is 61.8 cm³/mol. The number of pyridine rings is 1. The summed E-state index contributed by atoms with van der Waals surface area (Å²) in [5, 5.41) is 9.80. The summed E-state index contributed by atoms with van der Waals surface area (Å²) in [6.45, 7) is 0.831. The third-order valence-corrected chi connectivity index (χ3v) is 2.13. The topological polar surface area (TPSA) is 92.5 Å². The fourth-order valence-electron chi connectivity index (χ4n) is 1.37. The predicted octanol–water partition coefficient (Wildman–Crippen LogP) is 0.827.